The van der Waals surface area contributed by atoms with E-state index < -0.39 is 17.8 Å². The molecule has 0 atom stereocenters. The fraction of sp³-hybridized carbons (Fsp3) is 0.375. The summed E-state index contributed by atoms with van der Waals surface area (Å²) in [5, 5.41) is 0. The van der Waals surface area contributed by atoms with Crippen LogP contribution in [0.3, 0.4) is 0 Å². The van der Waals surface area contributed by atoms with Gasteiger partial charge in [0, 0.05) is 7.05 Å². The Labute approximate surface area is 75.3 Å². The number of nitrogens with zero attached hydrogens (tertiary/aromatic N) is 2. The zero-order valence-corrected chi connectivity index (χ0v) is 7.33. The van der Waals surface area contributed by atoms with Crippen molar-refractivity contribution in [3.8, 4) is 11.8 Å². The van der Waals surface area contributed by atoms with Crippen molar-refractivity contribution in [1.82, 2.24) is 9.80 Å². The van der Waals surface area contributed by atoms with Crippen molar-refractivity contribution in [3.05, 3.63) is 0 Å². The number of likely N-dealkylation sites (N-methyl/N-ethyl adjacent to an activating group) is 1. The molecule has 0 aromatic carbocycles. The summed E-state index contributed by atoms with van der Waals surface area (Å²) in [6.07, 6.45) is 0. The van der Waals surface area contributed by atoms with Crippen molar-refractivity contribution in [3.63, 3.8) is 0 Å². The molecule has 0 radical (unpaired) electrons. The molecular weight excluding hydrogens is 172 g/mol. The van der Waals surface area contributed by atoms with Crippen molar-refractivity contribution in [2.24, 2.45) is 0 Å². The maximum atomic E-state index is 11.2. The van der Waals surface area contributed by atoms with Crippen molar-refractivity contribution in [2.45, 2.75) is 6.92 Å². The van der Waals surface area contributed by atoms with Crippen molar-refractivity contribution >= 4 is 17.8 Å². The van der Waals surface area contributed by atoms with E-state index in [0.717, 1.165) is 9.80 Å². The summed E-state index contributed by atoms with van der Waals surface area (Å²) in [6, 6.07) is -0.613. The molecule has 4 amide bonds. The molecule has 1 aliphatic heterocycles. The predicted octanol–water partition coefficient (Wildman–Crippen LogP) is -0.570. The average molecular weight is 180 g/mol. The van der Waals surface area contributed by atoms with Gasteiger partial charge in [-0.1, -0.05) is 5.92 Å². The SMILES string of the molecule is CC#CCN1C(=O)C(=O)N(C)C1=O. The lowest BCUT2D eigenvalue weighted by Gasteiger charge is -2.07. The summed E-state index contributed by atoms with van der Waals surface area (Å²) in [6.45, 7) is 1.57. The predicted molar refractivity (Wildman–Crippen MR) is 43.3 cm³/mol. The maximum Gasteiger partial charge on any atom is 0.334 e. The molecule has 0 aromatic heterocycles. The van der Waals surface area contributed by atoms with Crippen LogP contribution >= 0.6 is 0 Å². The first-order chi connectivity index (χ1) is 6.09. The van der Waals surface area contributed by atoms with E-state index in [1.165, 1.54) is 7.05 Å². The van der Waals surface area contributed by atoms with E-state index in [2.05, 4.69) is 11.8 Å². The summed E-state index contributed by atoms with van der Waals surface area (Å²) in [4.78, 5) is 34.8. The molecule has 5 heteroatoms. The van der Waals surface area contributed by atoms with Crippen LogP contribution in [0.15, 0.2) is 0 Å². The standard InChI is InChI=1S/C8H8N2O3/c1-3-4-5-10-7(12)6(11)9(2)8(10)13/h5H2,1-2H3. The van der Waals surface area contributed by atoms with E-state index in [9.17, 15) is 14.4 Å². The monoisotopic (exact) mass is 180 g/mol. The van der Waals surface area contributed by atoms with Crippen LogP contribution in [0.25, 0.3) is 0 Å². The van der Waals surface area contributed by atoms with E-state index >= 15 is 0 Å². The third-order valence-corrected chi connectivity index (χ3v) is 1.66. The van der Waals surface area contributed by atoms with Crippen molar-refractivity contribution in [2.75, 3.05) is 13.6 Å². The highest BCUT2D eigenvalue weighted by Gasteiger charge is 2.41. The quantitative estimate of drug-likeness (QED) is 0.308. The molecule has 0 aliphatic carbocycles. The first-order valence-corrected chi connectivity index (χ1v) is 3.62. The number of carbonyl (C=O) groups is 3. The molecule has 0 bridgehead atoms. The molecule has 68 valence electrons. The molecule has 0 spiro atoms. The molecule has 0 N–H and O–H groups in total. The van der Waals surface area contributed by atoms with E-state index in [4.69, 9.17) is 0 Å². The fourth-order valence-corrected chi connectivity index (χ4v) is 0.911. The Hall–Kier alpha value is -1.83. The number of hydrogen-bond donors (Lipinski definition) is 0. The molecule has 1 aliphatic rings. The topological polar surface area (TPSA) is 57.7 Å². The average Bonchev–Trinajstić information content (AvgIpc) is 2.30. The van der Waals surface area contributed by atoms with Crippen LogP contribution < -0.4 is 0 Å². The number of imide groups is 2. The van der Waals surface area contributed by atoms with Crippen LogP contribution in [0.4, 0.5) is 4.79 Å². The molecule has 1 saturated heterocycles. The highest BCUT2D eigenvalue weighted by molar-refractivity contribution is 6.44. The Morgan fingerprint density at radius 2 is 1.85 bits per heavy atom. The van der Waals surface area contributed by atoms with Crippen LogP contribution in [0.2, 0.25) is 0 Å². The summed E-state index contributed by atoms with van der Waals surface area (Å²) < 4.78 is 0. The number of urea groups is 1. The first-order valence-electron chi connectivity index (χ1n) is 3.62. The molecule has 1 fully saturated rings. The molecule has 0 aromatic rings. The zero-order valence-electron chi connectivity index (χ0n) is 7.33. The van der Waals surface area contributed by atoms with Gasteiger partial charge in [0.2, 0.25) is 0 Å². The number of amides is 4. The molecule has 0 unspecified atom stereocenters. The smallest absolute Gasteiger partial charge is 0.263 e. The molecule has 1 heterocycles. The fourth-order valence-electron chi connectivity index (χ4n) is 0.911. The van der Waals surface area contributed by atoms with Gasteiger partial charge in [0.05, 0.1) is 6.54 Å². The Morgan fingerprint density at radius 1 is 1.23 bits per heavy atom. The largest absolute Gasteiger partial charge is 0.334 e. The first kappa shape index (κ1) is 9.26. The molecule has 5 nitrogen and oxygen atoms in total. The van der Waals surface area contributed by atoms with Crippen molar-refractivity contribution < 1.29 is 14.4 Å². The van der Waals surface area contributed by atoms with Gasteiger partial charge >= 0.3 is 17.8 Å². The van der Waals surface area contributed by atoms with Gasteiger partial charge in [-0.2, -0.15) is 0 Å². The summed E-state index contributed by atoms with van der Waals surface area (Å²) in [5.74, 6) is 3.47. The van der Waals surface area contributed by atoms with E-state index in [1.807, 2.05) is 0 Å². The summed E-state index contributed by atoms with van der Waals surface area (Å²) in [7, 11) is 1.27. The minimum absolute atomic E-state index is 0.0236. The van der Waals surface area contributed by atoms with Gasteiger partial charge < -0.3 is 0 Å². The Kier molecular flexibility index (Phi) is 2.33. The number of rotatable bonds is 1. The highest BCUT2D eigenvalue weighted by atomic mass is 16.2. The number of hydrogen-bond acceptors (Lipinski definition) is 3. The lowest BCUT2D eigenvalue weighted by atomic mass is 10.5. The lowest BCUT2D eigenvalue weighted by molar-refractivity contribution is -0.142. The Balaban J connectivity index is 2.86. The highest BCUT2D eigenvalue weighted by Crippen LogP contribution is 2.07. The molecule has 1 rings (SSSR count). The lowest BCUT2D eigenvalue weighted by Crippen LogP contribution is -2.31. The van der Waals surface area contributed by atoms with Crippen LogP contribution in [0, 0.1) is 11.8 Å². The third kappa shape index (κ3) is 1.38. The van der Waals surface area contributed by atoms with Gasteiger partial charge in [-0.25, -0.2) is 9.69 Å². The maximum absolute atomic E-state index is 11.2. The summed E-state index contributed by atoms with van der Waals surface area (Å²) >= 11 is 0. The Bertz CT molecular complexity index is 337. The van der Waals surface area contributed by atoms with E-state index in [0.29, 0.717) is 0 Å². The van der Waals surface area contributed by atoms with E-state index in [1.54, 1.807) is 6.92 Å². The minimum Gasteiger partial charge on any atom is -0.263 e. The second-order valence-corrected chi connectivity index (χ2v) is 2.46. The second-order valence-electron chi connectivity index (χ2n) is 2.46. The zero-order chi connectivity index (χ0) is 10.0. The number of carbonyl (C=O) groups excluding carboxylic acids is 3. The van der Waals surface area contributed by atoms with Crippen LogP contribution in [-0.2, 0) is 9.59 Å². The molecule has 0 saturated carbocycles. The van der Waals surface area contributed by atoms with Gasteiger partial charge in [-0.3, -0.25) is 14.5 Å². The summed E-state index contributed by atoms with van der Waals surface area (Å²) in [5.41, 5.74) is 0. The third-order valence-electron chi connectivity index (χ3n) is 1.66. The van der Waals surface area contributed by atoms with E-state index in [-0.39, 0.29) is 6.54 Å². The minimum atomic E-state index is -0.810. The van der Waals surface area contributed by atoms with Gasteiger partial charge in [-0.05, 0) is 6.92 Å². The van der Waals surface area contributed by atoms with Crippen LogP contribution in [-0.4, -0.2) is 41.2 Å². The van der Waals surface area contributed by atoms with Gasteiger partial charge in [-0.15, -0.1) is 5.92 Å². The van der Waals surface area contributed by atoms with Gasteiger partial charge in [0.15, 0.2) is 0 Å². The van der Waals surface area contributed by atoms with Gasteiger partial charge in [0.1, 0.15) is 0 Å². The van der Waals surface area contributed by atoms with Gasteiger partial charge in [0.25, 0.3) is 0 Å². The van der Waals surface area contributed by atoms with Crippen LogP contribution in [0.1, 0.15) is 6.92 Å². The normalized spacial score (nSPS) is 16.3. The van der Waals surface area contributed by atoms with Crippen molar-refractivity contribution in [1.29, 1.82) is 0 Å². The molecule has 13 heavy (non-hydrogen) atoms. The van der Waals surface area contributed by atoms with Crippen LogP contribution in [0.5, 0.6) is 0 Å². The molecular formula is C8H8N2O3. The second kappa shape index (κ2) is 3.27. The Morgan fingerprint density at radius 3 is 2.23 bits per heavy atom.